The highest BCUT2D eigenvalue weighted by molar-refractivity contribution is 6.30. The first-order valence-electron chi connectivity index (χ1n) is 11.0. The number of hydrogen-bond acceptors (Lipinski definition) is 7. The van der Waals surface area contributed by atoms with E-state index in [0.717, 1.165) is 16.5 Å². The Kier molecular flexibility index (Phi) is 6.83. The Morgan fingerprint density at radius 1 is 0.972 bits per heavy atom. The molecule has 0 aliphatic heterocycles. The van der Waals surface area contributed by atoms with E-state index >= 15 is 0 Å². The Morgan fingerprint density at radius 3 is 2.50 bits per heavy atom. The maximum absolute atomic E-state index is 13.1. The third-order valence-corrected chi connectivity index (χ3v) is 6.30. The number of fused-ring (bicyclic) bond motifs is 3. The zero-order valence-corrected chi connectivity index (χ0v) is 20.0. The number of nitrogens with one attached hydrogen (secondary N) is 2. The molecule has 1 atom stereocenters. The van der Waals surface area contributed by atoms with Gasteiger partial charge in [-0.3, -0.25) is 14.4 Å². The van der Waals surface area contributed by atoms with E-state index < -0.39 is 23.6 Å². The summed E-state index contributed by atoms with van der Waals surface area (Å²) >= 11 is 0. The van der Waals surface area contributed by atoms with Crippen molar-refractivity contribution in [2.45, 2.75) is 19.0 Å². The minimum atomic E-state index is -0.688. The highest BCUT2D eigenvalue weighted by Crippen LogP contribution is 2.37. The molecule has 0 spiro atoms. The van der Waals surface area contributed by atoms with Crippen molar-refractivity contribution in [1.29, 1.82) is 0 Å². The number of phenolic OH excluding ortho intramolecular Hbond substituents is 2. The van der Waals surface area contributed by atoms with Crippen LogP contribution in [0.2, 0.25) is 0 Å². The maximum atomic E-state index is 13.1. The topological polar surface area (TPSA) is 129 Å². The van der Waals surface area contributed by atoms with E-state index in [1.807, 2.05) is 30.5 Å². The highest BCUT2D eigenvalue weighted by atomic mass is 35.5. The van der Waals surface area contributed by atoms with Gasteiger partial charge in [-0.1, -0.05) is 30.3 Å². The van der Waals surface area contributed by atoms with Crippen LogP contribution in [-0.2, 0) is 22.5 Å². The normalized spacial score (nSPS) is 13.0. The average Bonchev–Trinajstić information content (AvgIpc) is 3.27. The first-order chi connectivity index (χ1) is 16.9. The molecule has 184 valence electrons. The van der Waals surface area contributed by atoms with Crippen LogP contribution in [0.3, 0.4) is 0 Å². The summed E-state index contributed by atoms with van der Waals surface area (Å²) in [6.07, 6.45) is 2.21. The monoisotopic (exact) mass is 506 g/mol. The van der Waals surface area contributed by atoms with Crippen LogP contribution in [0, 0.1) is 0 Å². The predicted molar refractivity (Wildman–Crippen MR) is 135 cm³/mol. The van der Waals surface area contributed by atoms with Crippen LogP contribution in [0.1, 0.15) is 43.0 Å². The Hall–Kier alpha value is -4.14. The number of H-pyrrole nitrogens is 1. The number of methoxy groups -OCH3 is 1. The summed E-state index contributed by atoms with van der Waals surface area (Å²) in [6, 6.07) is 14.3. The van der Waals surface area contributed by atoms with Crippen molar-refractivity contribution < 1.29 is 29.3 Å². The molecule has 5 rings (SSSR count). The molecule has 1 heterocycles. The van der Waals surface area contributed by atoms with Crippen molar-refractivity contribution in [2.75, 3.05) is 7.11 Å². The lowest BCUT2D eigenvalue weighted by atomic mass is 9.82. The van der Waals surface area contributed by atoms with E-state index in [2.05, 4.69) is 10.3 Å². The Morgan fingerprint density at radius 2 is 1.72 bits per heavy atom. The quantitative estimate of drug-likeness (QED) is 0.259. The summed E-state index contributed by atoms with van der Waals surface area (Å²) in [6.45, 7) is 0.136. The first kappa shape index (κ1) is 25.0. The van der Waals surface area contributed by atoms with E-state index in [9.17, 15) is 24.6 Å². The molecule has 9 heteroatoms. The number of aromatic amines is 1. The number of rotatable bonds is 6. The summed E-state index contributed by atoms with van der Waals surface area (Å²) in [5.74, 6) is -2.21. The van der Waals surface area contributed by atoms with Gasteiger partial charge in [-0.25, -0.2) is 0 Å². The second-order valence-electron chi connectivity index (χ2n) is 8.42. The number of carbonyl (C=O) groups excluding carboxylic acids is 3. The molecule has 8 nitrogen and oxygen atoms in total. The Balaban J connectivity index is 0.00000304. The summed E-state index contributed by atoms with van der Waals surface area (Å²) in [5, 5.41) is 24.9. The number of esters is 1. The number of halogens is 1. The number of aromatic hydroxyl groups is 2. The third-order valence-electron chi connectivity index (χ3n) is 6.30. The van der Waals surface area contributed by atoms with Gasteiger partial charge >= 0.3 is 5.97 Å². The molecule has 4 aromatic rings. The van der Waals surface area contributed by atoms with Crippen LogP contribution >= 0.6 is 12.4 Å². The van der Waals surface area contributed by atoms with Crippen molar-refractivity contribution in [3.63, 3.8) is 0 Å². The molecule has 0 unspecified atom stereocenters. The van der Waals surface area contributed by atoms with Crippen LogP contribution in [0.25, 0.3) is 10.9 Å². The molecule has 4 N–H and O–H groups in total. The smallest absolute Gasteiger partial charge is 0.323 e. The van der Waals surface area contributed by atoms with Crippen LogP contribution in [0.4, 0.5) is 0 Å². The lowest BCUT2D eigenvalue weighted by molar-refractivity contribution is -0.143. The zero-order valence-electron chi connectivity index (χ0n) is 19.2. The highest BCUT2D eigenvalue weighted by Gasteiger charge is 2.34. The molecule has 3 aromatic carbocycles. The van der Waals surface area contributed by atoms with E-state index in [0.29, 0.717) is 12.0 Å². The number of hydrogen-bond donors (Lipinski definition) is 4. The van der Waals surface area contributed by atoms with Crippen molar-refractivity contribution >= 4 is 40.8 Å². The SMILES string of the molecule is COC(=O)[C@H](Cc1c[nH]c2ccccc12)NCc1cc(O)c2c(c1)C(=O)c1cccc(O)c1C2=O.Cl. The fourth-order valence-corrected chi connectivity index (χ4v) is 4.59. The second-order valence-corrected chi connectivity index (χ2v) is 8.42. The van der Waals surface area contributed by atoms with E-state index in [-0.39, 0.29) is 52.7 Å². The summed E-state index contributed by atoms with van der Waals surface area (Å²) in [7, 11) is 1.31. The third kappa shape index (κ3) is 4.21. The first-order valence-corrected chi connectivity index (χ1v) is 11.0. The van der Waals surface area contributed by atoms with Crippen molar-refractivity contribution in [3.05, 3.63) is 94.2 Å². The lowest BCUT2D eigenvalue weighted by Crippen LogP contribution is -2.39. The molecule has 36 heavy (non-hydrogen) atoms. The minimum Gasteiger partial charge on any atom is -0.507 e. The largest absolute Gasteiger partial charge is 0.507 e. The number of phenols is 2. The van der Waals surface area contributed by atoms with Gasteiger partial charge in [-0.2, -0.15) is 0 Å². The summed E-state index contributed by atoms with van der Waals surface area (Å²) in [4.78, 5) is 41.7. The molecule has 1 aliphatic rings. The molecule has 0 amide bonds. The predicted octanol–water partition coefficient (Wildman–Crippen LogP) is 3.65. The molecular weight excluding hydrogens is 484 g/mol. The van der Waals surface area contributed by atoms with Crippen molar-refractivity contribution in [1.82, 2.24) is 10.3 Å². The fraction of sp³-hybridized carbons (Fsp3) is 0.148. The standard InChI is InChI=1S/C27H22N2O6.ClH/c1-35-27(34)20(11-15-13-29-19-7-3-2-5-16(15)19)28-12-14-9-18-24(22(31)10-14)26(33)23-17(25(18)32)6-4-8-21(23)30;/h2-10,13,20,28-31H,11-12H2,1H3;1H/t20-;/m0./s1. The van der Waals surface area contributed by atoms with Gasteiger partial charge in [-0.15, -0.1) is 12.4 Å². The number of para-hydroxylation sites is 1. The van der Waals surface area contributed by atoms with E-state index in [4.69, 9.17) is 4.74 Å². The van der Waals surface area contributed by atoms with Crippen LogP contribution in [0.5, 0.6) is 11.5 Å². The molecule has 1 aliphatic carbocycles. The number of carbonyl (C=O) groups is 3. The molecule has 0 bridgehead atoms. The van der Waals surface area contributed by atoms with E-state index in [1.54, 1.807) is 0 Å². The Labute approximate surface area is 212 Å². The zero-order chi connectivity index (χ0) is 24.7. The van der Waals surface area contributed by atoms with Gasteiger partial charge in [0.05, 0.1) is 18.2 Å². The number of ether oxygens (including phenoxy) is 1. The van der Waals surface area contributed by atoms with Gasteiger partial charge in [0, 0.05) is 41.2 Å². The molecule has 1 aromatic heterocycles. The van der Waals surface area contributed by atoms with Gasteiger partial charge in [0.1, 0.15) is 17.5 Å². The van der Waals surface area contributed by atoms with Gasteiger partial charge in [0.2, 0.25) is 5.78 Å². The number of benzene rings is 3. The van der Waals surface area contributed by atoms with Gasteiger partial charge in [0.15, 0.2) is 5.78 Å². The van der Waals surface area contributed by atoms with E-state index in [1.165, 1.54) is 37.4 Å². The van der Waals surface area contributed by atoms with Gasteiger partial charge < -0.3 is 25.3 Å². The average molecular weight is 507 g/mol. The molecular formula is C27H23ClN2O6. The lowest BCUT2D eigenvalue weighted by Gasteiger charge is -2.21. The Bertz CT molecular complexity index is 1510. The van der Waals surface area contributed by atoms with Crippen molar-refractivity contribution in [3.8, 4) is 11.5 Å². The number of ketones is 2. The minimum absolute atomic E-state index is 0. The second kappa shape index (κ2) is 9.85. The van der Waals surface area contributed by atoms with Gasteiger partial charge in [-0.05, 0) is 35.4 Å². The molecule has 0 saturated carbocycles. The van der Waals surface area contributed by atoms with Crippen LogP contribution < -0.4 is 5.32 Å². The van der Waals surface area contributed by atoms with Gasteiger partial charge in [0.25, 0.3) is 0 Å². The molecule has 0 fully saturated rings. The summed E-state index contributed by atoms with van der Waals surface area (Å²) < 4.78 is 4.97. The number of aromatic nitrogens is 1. The van der Waals surface area contributed by atoms with Crippen molar-refractivity contribution in [2.24, 2.45) is 0 Å². The van der Waals surface area contributed by atoms with Crippen LogP contribution in [-0.4, -0.2) is 45.9 Å². The van der Waals surface area contributed by atoms with Crippen LogP contribution in [0.15, 0.2) is 60.8 Å². The maximum Gasteiger partial charge on any atom is 0.323 e. The fourth-order valence-electron chi connectivity index (χ4n) is 4.59. The molecule has 0 saturated heterocycles. The summed E-state index contributed by atoms with van der Waals surface area (Å²) in [5.41, 5.74) is 2.29. The molecule has 0 radical (unpaired) electrons.